The third-order valence-corrected chi connectivity index (χ3v) is 6.45. The Morgan fingerprint density at radius 1 is 1.17 bits per heavy atom. The number of aromatic amines is 1. The summed E-state index contributed by atoms with van der Waals surface area (Å²) in [5.74, 6) is -1.81. The van der Waals surface area contributed by atoms with Crippen molar-refractivity contribution in [3.8, 4) is 5.75 Å². The van der Waals surface area contributed by atoms with Gasteiger partial charge in [-0.2, -0.15) is 15.4 Å². The van der Waals surface area contributed by atoms with Crippen molar-refractivity contribution in [2.75, 3.05) is 19.6 Å². The molecule has 0 spiro atoms. The number of nitrogens with zero attached hydrogens (tertiary/aromatic N) is 4. The number of halogens is 4. The van der Waals surface area contributed by atoms with Crippen LogP contribution in [0.2, 0.25) is 0 Å². The molecule has 1 saturated heterocycles. The third-order valence-electron chi connectivity index (χ3n) is 6.45. The number of likely N-dealkylation sites (tertiary alicyclic amines) is 1. The molecule has 0 saturated carbocycles. The molecule has 186 valence electrons. The number of amides is 2. The number of alkyl halides is 3. The number of carbonyl (C=O) groups excluding carboxylic acids is 2. The van der Waals surface area contributed by atoms with Crippen LogP contribution >= 0.6 is 0 Å². The summed E-state index contributed by atoms with van der Waals surface area (Å²) in [7, 11) is 0. The highest BCUT2D eigenvalue weighted by Gasteiger charge is 2.40. The number of ether oxygens (including phenoxy) is 2. The maximum absolute atomic E-state index is 14.1. The van der Waals surface area contributed by atoms with Gasteiger partial charge in [-0.25, -0.2) is 9.18 Å². The van der Waals surface area contributed by atoms with E-state index in [9.17, 15) is 27.2 Å². The van der Waals surface area contributed by atoms with Gasteiger partial charge in [0, 0.05) is 55.7 Å². The van der Waals surface area contributed by atoms with Gasteiger partial charge in [0.1, 0.15) is 18.2 Å². The number of fused-ring (bicyclic) bond motifs is 2. The number of nitrogens with one attached hydrogen (secondary N) is 1. The minimum absolute atomic E-state index is 0.00626. The maximum atomic E-state index is 14.1. The predicted molar refractivity (Wildman–Crippen MR) is 110 cm³/mol. The van der Waals surface area contributed by atoms with Gasteiger partial charge in [0.25, 0.3) is 0 Å². The van der Waals surface area contributed by atoms with E-state index in [2.05, 4.69) is 20.1 Å². The third kappa shape index (κ3) is 4.93. The van der Waals surface area contributed by atoms with Gasteiger partial charge in [0.2, 0.25) is 5.91 Å². The average molecular weight is 495 g/mol. The first-order valence-electron chi connectivity index (χ1n) is 11.0. The number of hydrogen-bond donors (Lipinski definition) is 1. The second-order valence-corrected chi connectivity index (χ2v) is 8.78. The summed E-state index contributed by atoms with van der Waals surface area (Å²) in [6.45, 7) is 0.669. The topological polar surface area (TPSA) is 101 Å². The molecule has 1 unspecified atom stereocenters. The molecule has 2 atom stereocenters. The highest BCUT2D eigenvalue weighted by atomic mass is 19.4. The van der Waals surface area contributed by atoms with Gasteiger partial charge in [0.15, 0.2) is 0 Å². The first-order chi connectivity index (χ1) is 16.7. The Morgan fingerprint density at radius 3 is 2.71 bits per heavy atom. The van der Waals surface area contributed by atoms with Crippen LogP contribution in [-0.2, 0) is 29.0 Å². The molecule has 1 aromatic heterocycles. The fraction of sp³-hybridized carbons (Fsp3) is 0.455. The molecule has 0 radical (unpaired) electrons. The van der Waals surface area contributed by atoms with E-state index in [1.54, 1.807) is 11.1 Å². The second-order valence-electron chi connectivity index (χ2n) is 8.78. The highest BCUT2D eigenvalue weighted by Crippen LogP contribution is 2.33. The smallest absolute Gasteiger partial charge is 0.444 e. The Morgan fingerprint density at radius 2 is 1.97 bits per heavy atom. The highest BCUT2D eigenvalue weighted by molar-refractivity contribution is 5.81. The number of aryl methyl sites for hydroxylation is 1. The number of aromatic nitrogens is 3. The van der Waals surface area contributed by atoms with E-state index in [-0.39, 0.29) is 29.9 Å². The zero-order valence-corrected chi connectivity index (χ0v) is 18.3. The Kier molecular flexibility index (Phi) is 5.85. The quantitative estimate of drug-likeness (QED) is 0.655. The van der Waals surface area contributed by atoms with Crippen LogP contribution in [0, 0.1) is 17.7 Å². The van der Waals surface area contributed by atoms with E-state index in [0.717, 1.165) is 29.1 Å². The predicted octanol–water partition coefficient (Wildman–Crippen LogP) is 2.94. The lowest BCUT2D eigenvalue weighted by atomic mass is 9.89. The van der Waals surface area contributed by atoms with E-state index in [1.165, 1.54) is 4.90 Å². The van der Waals surface area contributed by atoms with E-state index in [1.807, 2.05) is 0 Å². The SMILES string of the molecule is O=C(C1CCc2n[nH]nc2C1)N1C=C2CN(C(=O)OCc3ccc(OC(F)(F)F)cc3F)C[C@@H]2C1. The summed E-state index contributed by atoms with van der Waals surface area (Å²) >= 11 is 0. The molecule has 2 amide bonds. The van der Waals surface area contributed by atoms with Crippen LogP contribution in [-0.4, -0.2) is 63.2 Å². The minimum Gasteiger partial charge on any atom is -0.444 e. The van der Waals surface area contributed by atoms with Crippen molar-refractivity contribution in [3.63, 3.8) is 0 Å². The molecule has 2 aromatic rings. The van der Waals surface area contributed by atoms with E-state index < -0.39 is 30.6 Å². The summed E-state index contributed by atoms with van der Waals surface area (Å²) in [5, 5.41) is 10.8. The van der Waals surface area contributed by atoms with Crippen LogP contribution in [0.3, 0.4) is 0 Å². The van der Waals surface area contributed by atoms with Gasteiger partial charge in [-0.3, -0.25) is 4.79 Å². The van der Waals surface area contributed by atoms with Gasteiger partial charge in [-0.1, -0.05) is 0 Å². The van der Waals surface area contributed by atoms with Crippen LogP contribution in [0.25, 0.3) is 0 Å². The minimum atomic E-state index is -4.93. The van der Waals surface area contributed by atoms with Crippen LogP contribution in [0.15, 0.2) is 30.0 Å². The van der Waals surface area contributed by atoms with Crippen molar-refractivity contribution in [1.29, 1.82) is 0 Å². The molecule has 1 fully saturated rings. The van der Waals surface area contributed by atoms with Crippen molar-refractivity contribution in [2.45, 2.75) is 32.2 Å². The Hall–Kier alpha value is -3.64. The fourth-order valence-electron chi connectivity index (χ4n) is 4.70. The molecule has 1 N–H and O–H groups in total. The van der Waals surface area contributed by atoms with Gasteiger partial charge >= 0.3 is 12.5 Å². The van der Waals surface area contributed by atoms with Crippen LogP contribution < -0.4 is 4.74 Å². The second kappa shape index (κ2) is 8.86. The molecule has 5 rings (SSSR count). The van der Waals surface area contributed by atoms with Gasteiger partial charge in [-0.05, 0) is 30.5 Å². The zero-order chi connectivity index (χ0) is 24.7. The summed E-state index contributed by atoms with van der Waals surface area (Å²) in [6.07, 6.45) is -1.85. The van der Waals surface area contributed by atoms with Crippen molar-refractivity contribution in [3.05, 3.63) is 52.7 Å². The normalized spacial score (nSPS) is 21.4. The van der Waals surface area contributed by atoms with Crippen LogP contribution in [0.4, 0.5) is 22.4 Å². The van der Waals surface area contributed by atoms with Crippen molar-refractivity contribution in [2.24, 2.45) is 11.8 Å². The summed E-state index contributed by atoms with van der Waals surface area (Å²) in [4.78, 5) is 28.6. The van der Waals surface area contributed by atoms with Crippen molar-refractivity contribution >= 4 is 12.0 Å². The van der Waals surface area contributed by atoms with Gasteiger partial charge in [0.05, 0.1) is 11.4 Å². The molecule has 9 nitrogen and oxygen atoms in total. The molecule has 3 heterocycles. The average Bonchev–Trinajstić information content (AvgIpc) is 3.51. The molecule has 1 aliphatic carbocycles. The van der Waals surface area contributed by atoms with Gasteiger partial charge < -0.3 is 19.3 Å². The van der Waals surface area contributed by atoms with Crippen LogP contribution in [0.1, 0.15) is 23.4 Å². The van der Waals surface area contributed by atoms with E-state index >= 15 is 0 Å². The monoisotopic (exact) mass is 495 g/mol. The molecule has 35 heavy (non-hydrogen) atoms. The fourth-order valence-corrected chi connectivity index (χ4v) is 4.70. The molecular weight excluding hydrogens is 474 g/mol. The van der Waals surface area contributed by atoms with E-state index in [4.69, 9.17) is 4.74 Å². The van der Waals surface area contributed by atoms with Gasteiger partial charge in [-0.15, -0.1) is 13.2 Å². The first-order valence-corrected chi connectivity index (χ1v) is 11.0. The first kappa shape index (κ1) is 23.1. The lowest BCUT2D eigenvalue weighted by Crippen LogP contribution is -2.37. The number of carbonyl (C=O) groups is 2. The lowest BCUT2D eigenvalue weighted by Gasteiger charge is -2.25. The Labute approximate surface area is 196 Å². The Balaban J connectivity index is 1.13. The summed E-state index contributed by atoms with van der Waals surface area (Å²) in [5.41, 5.74) is 2.60. The van der Waals surface area contributed by atoms with Crippen LogP contribution in [0.5, 0.6) is 5.75 Å². The lowest BCUT2D eigenvalue weighted by molar-refractivity contribution is -0.274. The molecule has 1 aromatic carbocycles. The van der Waals surface area contributed by atoms with Crippen molar-refractivity contribution < 1.29 is 36.6 Å². The molecular formula is C22H21F4N5O4. The Bertz CT molecular complexity index is 1180. The number of hydrogen-bond acceptors (Lipinski definition) is 6. The molecule has 2 aliphatic heterocycles. The van der Waals surface area contributed by atoms with E-state index in [0.29, 0.717) is 38.4 Å². The molecule has 13 heteroatoms. The number of benzene rings is 1. The number of H-pyrrole nitrogens is 1. The summed E-state index contributed by atoms with van der Waals surface area (Å²) in [6, 6.07) is 2.61. The standard InChI is InChI=1S/C22H21F4N5O4/c23-17-6-16(35-22(24,25)26)3-1-13(17)11-34-21(33)31-9-14-7-30(8-15(14)10-31)20(32)12-2-4-18-19(5-12)28-29-27-18/h1,3,6-7,12,15H,2,4-5,8-11H2,(H,27,28,29)/t12?,15-/m0/s1. The van der Waals surface area contributed by atoms with Crippen molar-refractivity contribution in [1.82, 2.24) is 25.2 Å². The maximum Gasteiger partial charge on any atom is 0.573 e. The molecule has 3 aliphatic rings. The largest absolute Gasteiger partial charge is 0.573 e. The molecule has 0 bridgehead atoms. The number of rotatable bonds is 4. The zero-order valence-electron chi connectivity index (χ0n) is 18.3. The summed E-state index contributed by atoms with van der Waals surface area (Å²) < 4.78 is 59.6.